The summed E-state index contributed by atoms with van der Waals surface area (Å²) in [6.07, 6.45) is 3.45. The molecule has 5 heteroatoms. The minimum absolute atomic E-state index is 0.179. The molecule has 1 aliphatic carbocycles. The van der Waals surface area contributed by atoms with E-state index in [-0.39, 0.29) is 5.56 Å². The summed E-state index contributed by atoms with van der Waals surface area (Å²) < 4.78 is 5.69. The molecule has 1 aliphatic heterocycles. The van der Waals surface area contributed by atoms with E-state index in [4.69, 9.17) is 10.5 Å². The first-order chi connectivity index (χ1) is 9.72. The van der Waals surface area contributed by atoms with E-state index in [1.54, 1.807) is 6.07 Å². The number of H-pyrrole nitrogens is 1. The van der Waals surface area contributed by atoms with Crippen LogP contribution in [0.1, 0.15) is 19.3 Å². The lowest BCUT2D eigenvalue weighted by Gasteiger charge is -2.17. The van der Waals surface area contributed by atoms with Gasteiger partial charge in [0.05, 0.1) is 17.8 Å². The maximum Gasteiger partial charge on any atom is 0.292 e. The summed E-state index contributed by atoms with van der Waals surface area (Å²) in [5.74, 6) is 1.10. The minimum Gasteiger partial charge on any atom is -0.486 e. The first-order valence-corrected chi connectivity index (χ1v) is 7.07. The van der Waals surface area contributed by atoms with Crippen LogP contribution in [0.15, 0.2) is 23.0 Å². The fraction of sp³-hybridized carbons (Fsp3) is 0.400. The molecule has 104 valence electrons. The molecular weight excluding hydrogens is 254 g/mol. The van der Waals surface area contributed by atoms with Crippen LogP contribution in [0.3, 0.4) is 0 Å². The van der Waals surface area contributed by atoms with Crippen molar-refractivity contribution in [3.05, 3.63) is 28.6 Å². The zero-order chi connectivity index (χ0) is 13.7. The molecule has 0 unspecified atom stereocenters. The predicted molar refractivity (Wildman–Crippen MR) is 79.2 cm³/mol. The van der Waals surface area contributed by atoms with Gasteiger partial charge < -0.3 is 20.8 Å². The zero-order valence-electron chi connectivity index (χ0n) is 11.1. The van der Waals surface area contributed by atoms with Crippen molar-refractivity contribution >= 4 is 22.3 Å². The van der Waals surface area contributed by atoms with Crippen molar-refractivity contribution in [2.75, 3.05) is 17.7 Å². The highest BCUT2D eigenvalue weighted by atomic mass is 16.5. The van der Waals surface area contributed by atoms with Gasteiger partial charge in [-0.25, -0.2) is 0 Å². The van der Waals surface area contributed by atoms with E-state index in [0.29, 0.717) is 30.0 Å². The Balaban J connectivity index is 1.93. The Hall–Kier alpha value is -2.17. The molecule has 20 heavy (non-hydrogen) atoms. The summed E-state index contributed by atoms with van der Waals surface area (Å²) in [6.45, 7) is 0.581. The van der Waals surface area contributed by atoms with Crippen LogP contribution in [0.5, 0.6) is 5.75 Å². The van der Waals surface area contributed by atoms with Crippen molar-refractivity contribution in [3.63, 3.8) is 0 Å². The number of aromatic amines is 1. The molecule has 0 bridgehead atoms. The van der Waals surface area contributed by atoms with E-state index >= 15 is 0 Å². The molecule has 1 aromatic heterocycles. The molecule has 2 heterocycles. The van der Waals surface area contributed by atoms with Crippen LogP contribution >= 0.6 is 0 Å². The Morgan fingerprint density at radius 2 is 2.10 bits per heavy atom. The highest BCUT2D eigenvalue weighted by Gasteiger charge is 2.33. The van der Waals surface area contributed by atoms with Gasteiger partial charge in [0.15, 0.2) is 0 Å². The molecule has 1 atom stereocenters. The van der Waals surface area contributed by atoms with Crippen LogP contribution in [0.2, 0.25) is 0 Å². The number of pyridine rings is 1. The van der Waals surface area contributed by atoms with Crippen molar-refractivity contribution in [1.82, 2.24) is 4.98 Å². The number of fused-ring (bicyclic) bond motifs is 3. The monoisotopic (exact) mass is 271 g/mol. The summed E-state index contributed by atoms with van der Waals surface area (Å²) >= 11 is 0. The highest BCUT2D eigenvalue weighted by Crippen LogP contribution is 2.40. The second-order valence-electron chi connectivity index (χ2n) is 5.69. The van der Waals surface area contributed by atoms with Crippen molar-refractivity contribution in [3.8, 4) is 5.75 Å². The van der Waals surface area contributed by atoms with E-state index in [9.17, 15) is 4.79 Å². The maximum atomic E-state index is 12.2. The molecule has 5 nitrogen and oxygen atoms in total. The number of rotatable bonds is 1. The predicted octanol–water partition coefficient (Wildman–Crippen LogP) is 2.08. The third kappa shape index (κ3) is 1.81. The molecule has 4 N–H and O–H groups in total. The number of nitrogens with one attached hydrogen (secondary N) is 2. The third-order valence-electron chi connectivity index (χ3n) is 4.19. The lowest BCUT2D eigenvalue weighted by Crippen LogP contribution is -2.22. The summed E-state index contributed by atoms with van der Waals surface area (Å²) in [6, 6.07) is 5.91. The molecule has 1 saturated carbocycles. The van der Waals surface area contributed by atoms with Gasteiger partial charge in [0, 0.05) is 23.5 Å². The van der Waals surface area contributed by atoms with Crippen LogP contribution < -0.4 is 21.3 Å². The van der Waals surface area contributed by atoms with Crippen LogP contribution in [0, 0.1) is 5.92 Å². The normalized spacial score (nSPS) is 21.7. The van der Waals surface area contributed by atoms with Gasteiger partial charge >= 0.3 is 0 Å². The van der Waals surface area contributed by atoms with Crippen molar-refractivity contribution in [2.45, 2.75) is 25.3 Å². The van der Waals surface area contributed by atoms with Gasteiger partial charge in [-0.3, -0.25) is 4.79 Å². The van der Waals surface area contributed by atoms with Crippen LogP contribution in [0.4, 0.5) is 11.4 Å². The minimum atomic E-state index is -0.179. The lowest BCUT2D eigenvalue weighted by atomic mass is 10.1. The molecule has 4 rings (SSSR count). The average molecular weight is 271 g/mol. The maximum absolute atomic E-state index is 12.2. The Bertz CT molecular complexity index is 734. The van der Waals surface area contributed by atoms with Gasteiger partial charge in [-0.2, -0.15) is 0 Å². The summed E-state index contributed by atoms with van der Waals surface area (Å²) in [5.41, 5.74) is 7.97. The summed E-state index contributed by atoms with van der Waals surface area (Å²) in [4.78, 5) is 15.0. The standard InChI is InChI=1S/C15H17N3O2/c16-9-3-4-12-10(7-9)13-14(15(19)18-12)20-6-5-11(17-13)8-1-2-8/h3-4,7-8,11,17H,1-2,5-6,16H2,(H,18,19)/t11-/m1/s1. The third-order valence-corrected chi connectivity index (χ3v) is 4.19. The van der Waals surface area contributed by atoms with Gasteiger partial charge in [0.2, 0.25) is 5.75 Å². The quantitative estimate of drug-likeness (QED) is 0.694. The summed E-state index contributed by atoms with van der Waals surface area (Å²) in [7, 11) is 0. The average Bonchev–Trinajstić information content (AvgIpc) is 3.25. The molecule has 0 saturated heterocycles. The zero-order valence-corrected chi connectivity index (χ0v) is 11.1. The van der Waals surface area contributed by atoms with E-state index in [0.717, 1.165) is 23.0 Å². The highest BCUT2D eigenvalue weighted by molar-refractivity contribution is 5.96. The number of hydrogen-bond acceptors (Lipinski definition) is 4. The second kappa shape index (κ2) is 4.16. The Kier molecular flexibility index (Phi) is 2.42. The number of benzene rings is 1. The molecule has 0 radical (unpaired) electrons. The number of hydrogen-bond donors (Lipinski definition) is 3. The number of anilines is 2. The van der Waals surface area contributed by atoms with E-state index < -0.39 is 0 Å². The second-order valence-corrected chi connectivity index (χ2v) is 5.69. The van der Waals surface area contributed by atoms with Crippen LogP contribution in [-0.2, 0) is 0 Å². The van der Waals surface area contributed by atoms with Crippen LogP contribution in [-0.4, -0.2) is 17.6 Å². The molecule has 2 aromatic rings. The van der Waals surface area contributed by atoms with E-state index in [1.165, 1.54) is 12.8 Å². The van der Waals surface area contributed by atoms with Crippen LogP contribution in [0.25, 0.3) is 10.9 Å². The van der Waals surface area contributed by atoms with E-state index in [2.05, 4.69) is 10.3 Å². The molecule has 1 fully saturated rings. The first-order valence-electron chi connectivity index (χ1n) is 7.07. The number of ether oxygens (including phenoxy) is 1. The fourth-order valence-electron chi connectivity index (χ4n) is 2.97. The molecule has 0 amide bonds. The Morgan fingerprint density at radius 3 is 2.90 bits per heavy atom. The Labute approximate surface area is 116 Å². The Morgan fingerprint density at radius 1 is 1.25 bits per heavy atom. The molecular formula is C15H17N3O2. The summed E-state index contributed by atoms with van der Waals surface area (Å²) in [5, 5.41) is 4.46. The SMILES string of the molecule is Nc1ccc2[nH]c(=O)c3c(c2c1)N[C@@H](C1CC1)CCO3. The number of nitrogens with two attached hydrogens (primary N) is 1. The molecule has 0 spiro atoms. The van der Waals surface area contributed by atoms with Gasteiger partial charge in [-0.1, -0.05) is 0 Å². The van der Waals surface area contributed by atoms with Crippen molar-refractivity contribution in [1.29, 1.82) is 0 Å². The molecule has 1 aromatic carbocycles. The van der Waals surface area contributed by atoms with Crippen molar-refractivity contribution in [2.24, 2.45) is 5.92 Å². The van der Waals surface area contributed by atoms with Gasteiger partial charge in [-0.15, -0.1) is 0 Å². The van der Waals surface area contributed by atoms with Gasteiger partial charge in [0.1, 0.15) is 0 Å². The topological polar surface area (TPSA) is 80.1 Å². The van der Waals surface area contributed by atoms with Gasteiger partial charge in [-0.05, 0) is 37.0 Å². The van der Waals surface area contributed by atoms with Gasteiger partial charge in [0.25, 0.3) is 5.56 Å². The first kappa shape index (κ1) is 11.6. The number of nitrogen functional groups attached to an aromatic ring is 1. The lowest BCUT2D eigenvalue weighted by molar-refractivity contribution is 0.304. The van der Waals surface area contributed by atoms with E-state index in [1.807, 2.05) is 12.1 Å². The van der Waals surface area contributed by atoms with Crippen molar-refractivity contribution < 1.29 is 4.74 Å². The number of aromatic nitrogens is 1. The largest absolute Gasteiger partial charge is 0.486 e. The fourth-order valence-corrected chi connectivity index (χ4v) is 2.97. The molecule has 2 aliphatic rings. The smallest absolute Gasteiger partial charge is 0.292 e.